The van der Waals surface area contributed by atoms with Gasteiger partial charge in [0.2, 0.25) is 0 Å². The first-order valence-corrected chi connectivity index (χ1v) is 1.74. The molecule has 0 N–H and O–H groups in total. The normalized spacial score (nSPS) is 17.3. The molecule has 1 aliphatic rings. The fourth-order valence-electron chi connectivity index (χ4n) is 0.273. The van der Waals surface area contributed by atoms with E-state index in [9.17, 15) is 0 Å². The Morgan fingerprint density at radius 1 is 1.67 bits per heavy atom. The summed E-state index contributed by atoms with van der Waals surface area (Å²) in [6.07, 6.45) is 8.73. The van der Waals surface area contributed by atoms with E-state index in [2.05, 4.69) is 12.2 Å². The monoisotopic (exact) mass is 80.0 g/mol. The van der Waals surface area contributed by atoms with Crippen molar-refractivity contribution < 1.29 is 4.74 Å². The molecule has 0 saturated heterocycles. The molecule has 1 rings (SSSR count). The molecule has 0 bridgehead atoms. The molecule has 30 valence electrons. The lowest BCUT2D eigenvalue weighted by Gasteiger charge is -1.93. The summed E-state index contributed by atoms with van der Waals surface area (Å²) in [5, 5.41) is 0. The van der Waals surface area contributed by atoms with Crippen LogP contribution in [0, 0.1) is 12.2 Å². The summed E-state index contributed by atoms with van der Waals surface area (Å²) < 4.78 is 4.69. The largest absolute Gasteiger partial charge is 0.496 e. The zero-order valence-corrected chi connectivity index (χ0v) is 3.27. The van der Waals surface area contributed by atoms with Crippen LogP contribution >= 0.6 is 0 Å². The third kappa shape index (κ3) is 0.612. The van der Waals surface area contributed by atoms with Gasteiger partial charge in [-0.25, -0.2) is 0 Å². The van der Waals surface area contributed by atoms with Gasteiger partial charge in [-0.05, 0) is 12.2 Å². The second kappa shape index (κ2) is 1.65. The van der Waals surface area contributed by atoms with E-state index in [-0.39, 0.29) is 0 Å². The van der Waals surface area contributed by atoms with E-state index in [1.807, 2.05) is 0 Å². The van der Waals surface area contributed by atoms with Gasteiger partial charge in [-0.2, -0.15) is 0 Å². The molecule has 0 aromatic heterocycles. The van der Waals surface area contributed by atoms with Crippen LogP contribution < -0.4 is 0 Å². The average molecular weight is 80.1 g/mol. The highest BCUT2D eigenvalue weighted by atomic mass is 16.5. The lowest BCUT2D eigenvalue weighted by Crippen LogP contribution is -1.84. The Morgan fingerprint density at radius 2 is 2.67 bits per heavy atom. The Balaban J connectivity index is 2.46. The molecule has 0 amide bonds. The van der Waals surface area contributed by atoms with Crippen LogP contribution in [0.25, 0.3) is 0 Å². The minimum atomic E-state index is 0.576. The minimum absolute atomic E-state index is 0.576. The molecule has 6 heavy (non-hydrogen) atoms. The standard InChI is InChI=1S/C5H4O/c1-2-4-6-5-3-1/h1,4H,5H2. The molecule has 1 heteroatoms. The highest BCUT2D eigenvalue weighted by Crippen LogP contribution is 1.84. The van der Waals surface area contributed by atoms with Crippen LogP contribution in [0.3, 0.4) is 0 Å². The second-order valence-electron chi connectivity index (χ2n) is 0.944. The van der Waals surface area contributed by atoms with E-state index >= 15 is 0 Å². The van der Waals surface area contributed by atoms with E-state index < -0.39 is 0 Å². The summed E-state index contributed by atoms with van der Waals surface area (Å²) in [7, 11) is 0. The summed E-state index contributed by atoms with van der Waals surface area (Å²) >= 11 is 0. The zero-order chi connectivity index (χ0) is 4.24. The van der Waals surface area contributed by atoms with Crippen LogP contribution in [-0.4, -0.2) is 6.61 Å². The summed E-state index contributed by atoms with van der Waals surface area (Å²) in [4.78, 5) is 0. The third-order valence-electron chi connectivity index (χ3n) is 0.503. The van der Waals surface area contributed by atoms with Crippen LogP contribution in [-0.2, 0) is 4.74 Å². The van der Waals surface area contributed by atoms with Gasteiger partial charge in [0, 0.05) is 6.08 Å². The van der Waals surface area contributed by atoms with Gasteiger partial charge in [0.25, 0.3) is 0 Å². The number of ether oxygens (including phenoxy) is 1. The van der Waals surface area contributed by atoms with Crippen molar-refractivity contribution in [2.45, 2.75) is 0 Å². The Kier molecular flexibility index (Phi) is 0.955. The molecule has 1 nitrogen and oxygen atoms in total. The molecular weight excluding hydrogens is 76.1 g/mol. The predicted octanol–water partition coefficient (Wildman–Crippen LogP) is 0.693. The van der Waals surface area contributed by atoms with Gasteiger partial charge >= 0.3 is 0 Å². The van der Waals surface area contributed by atoms with Gasteiger partial charge in [0.1, 0.15) is 6.61 Å². The maximum atomic E-state index is 4.69. The highest BCUT2D eigenvalue weighted by Gasteiger charge is 1.77. The van der Waals surface area contributed by atoms with Crippen LogP contribution in [0.15, 0.2) is 12.3 Å². The fraction of sp³-hybridized carbons (Fsp3) is 0.200. The van der Waals surface area contributed by atoms with E-state index in [0.717, 1.165) is 0 Å². The van der Waals surface area contributed by atoms with Crippen molar-refractivity contribution >= 4 is 0 Å². The number of allylic oxidation sites excluding steroid dienone is 2. The first-order valence-electron chi connectivity index (χ1n) is 1.74. The van der Waals surface area contributed by atoms with Gasteiger partial charge in [-0.15, -0.1) is 0 Å². The Hall–Kier alpha value is -0.720. The quantitative estimate of drug-likeness (QED) is 0.416. The number of hydrogen-bond acceptors (Lipinski definition) is 1. The summed E-state index contributed by atoms with van der Waals surface area (Å²) in [6, 6.07) is 0. The third-order valence-corrected chi connectivity index (χ3v) is 0.503. The van der Waals surface area contributed by atoms with Gasteiger partial charge < -0.3 is 4.74 Å². The molecule has 0 aliphatic carbocycles. The van der Waals surface area contributed by atoms with Crippen molar-refractivity contribution in [3.8, 4) is 0 Å². The smallest absolute Gasteiger partial charge is 0.113 e. The molecular formula is C5H4O. The molecule has 0 aromatic carbocycles. The first kappa shape index (κ1) is 3.47. The maximum absolute atomic E-state index is 4.69. The average Bonchev–Trinajstić information content (AvgIpc) is 1.72. The van der Waals surface area contributed by atoms with Gasteiger partial charge in [-0.3, -0.25) is 0 Å². The van der Waals surface area contributed by atoms with Crippen LogP contribution in [0.2, 0.25) is 0 Å². The molecule has 2 radical (unpaired) electrons. The number of rotatable bonds is 0. The Labute approximate surface area is 36.9 Å². The van der Waals surface area contributed by atoms with E-state index in [0.29, 0.717) is 6.61 Å². The summed E-state index contributed by atoms with van der Waals surface area (Å²) in [5.74, 6) is 0. The van der Waals surface area contributed by atoms with E-state index in [1.54, 1.807) is 6.08 Å². The Morgan fingerprint density at radius 3 is 2.83 bits per heavy atom. The SMILES string of the molecule is [C]1=C[C]=COC1. The lowest BCUT2D eigenvalue weighted by molar-refractivity contribution is 0.278. The highest BCUT2D eigenvalue weighted by molar-refractivity contribution is 4.90. The van der Waals surface area contributed by atoms with Gasteiger partial charge in [0.05, 0.1) is 6.26 Å². The summed E-state index contributed by atoms with van der Waals surface area (Å²) in [5.41, 5.74) is 0. The molecule has 0 unspecified atom stereocenters. The van der Waals surface area contributed by atoms with E-state index in [4.69, 9.17) is 4.74 Å². The van der Waals surface area contributed by atoms with Gasteiger partial charge in [0.15, 0.2) is 0 Å². The van der Waals surface area contributed by atoms with Gasteiger partial charge in [-0.1, -0.05) is 0 Å². The minimum Gasteiger partial charge on any atom is -0.496 e. The molecule has 0 saturated carbocycles. The Bertz CT molecular complexity index is 69.9. The van der Waals surface area contributed by atoms with Crippen molar-refractivity contribution in [3.05, 3.63) is 24.5 Å². The molecule has 1 aliphatic heterocycles. The van der Waals surface area contributed by atoms with Crippen molar-refractivity contribution in [2.24, 2.45) is 0 Å². The predicted molar refractivity (Wildman–Crippen MR) is 21.6 cm³/mol. The molecule has 0 aromatic rings. The zero-order valence-electron chi connectivity index (χ0n) is 3.27. The van der Waals surface area contributed by atoms with Crippen LogP contribution in [0.5, 0.6) is 0 Å². The maximum Gasteiger partial charge on any atom is 0.113 e. The van der Waals surface area contributed by atoms with Crippen LogP contribution in [0.1, 0.15) is 0 Å². The van der Waals surface area contributed by atoms with E-state index in [1.165, 1.54) is 6.26 Å². The number of hydrogen-bond donors (Lipinski definition) is 0. The molecule has 1 heterocycles. The second-order valence-corrected chi connectivity index (χ2v) is 0.944. The van der Waals surface area contributed by atoms with Crippen molar-refractivity contribution in [1.82, 2.24) is 0 Å². The van der Waals surface area contributed by atoms with Crippen molar-refractivity contribution in [1.29, 1.82) is 0 Å². The molecule has 0 atom stereocenters. The van der Waals surface area contributed by atoms with Crippen molar-refractivity contribution in [2.75, 3.05) is 6.61 Å². The fourth-order valence-corrected chi connectivity index (χ4v) is 0.273. The lowest BCUT2D eigenvalue weighted by atomic mass is 10.5. The van der Waals surface area contributed by atoms with Crippen molar-refractivity contribution in [3.63, 3.8) is 0 Å². The topological polar surface area (TPSA) is 9.23 Å². The van der Waals surface area contributed by atoms with Crippen LogP contribution in [0.4, 0.5) is 0 Å². The molecule has 0 fully saturated rings. The molecule has 0 spiro atoms. The summed E-state index contributed by atoms with van der Waals surface area (Å²) in [6.45, 7) is 0.576. The first-order chi connectivity index (χ1) is 3.00.